The van der Waals surface area contributed by atoms with E-state index in [2.05, 4.69) is 11.6 Å². The molecular formula is C19H25NO3S. The first kappa shape index (κ1) is 18.5. The molecule has 0 atom stereocenters. The summed E-state index contributed by atoms with van der Waals surface area (Å²) in [5.41, 5.74) is 3.77. The van der Waals surface area contributed by atoms with Crippen LogP contribution >= 0.6 is 0 Å². The maximum absolute atomic E-state index is 12.5. The standard InChI is InChI=1S/C19H25NO3S/c1-5-17-7-6-8-18(13-17)23-10-9-20-24(21,22)19-15(3)11-14(2)12-16(19)4/h6-8,11-13,20H,5,9-10H2,1-4H3. The molecule has 0 amide bonds. The van der Waals surface area contributed by atoms with Crippen LogP contribution in [0.3, 0.4) is 0 Å². The molecule has 0 aliphatic rings. The summed E-state index contributed by atoms with van der Waals surface area (Å²) in [6.45, 7) is 8.20. The van der Waals surface area contributed by atoms with Gasteiger partial charge in [-0.15, -0.1) is 0 Å². The fraction of sp³-hybridized carbons (Fsp3) is 0.368. The minimum atomic E-state index is -3.54. The first-order valence-electron chi connectivity index (χ1n) is 8.12. The van der Waals surface area contributed by atoms with E-state index in [1.54, 1.807) is 0 Å². The van der Waals surface area contributed by atoms with Crippen LogP contribution in [0, 0.1) is 20.8 Å². The number of rotatable bonds is 7. The van der Waals surface area contributed by atoms with Gasteiger partial charge in [-0.05, 0) is 56.0 Å². The third-order valence-electron chi connectivity index (χ3n) is 3.84. The molecule has 5 heteroatoms. The molecule has 0 aliphatic heterocycles. The van der Waals surface area contributed by atoms with Gasteiger partial charge in [-0.2, -0.15) is 0 Å². The average molecular weight is 347 g/mol. The molecule has 1 N–H and O–H groups in total. The summed E-state index contributed by atoms with van der Waals surface area (Å²) in [4.78, 5) is 0.362. The van der Waals surface area contributed by atoms with Gasteiger partial charge in [0.15, 0.2) is 0 Å². The van der Waals surface area contributed by atoms with E-state index >= 15 is 0 Å². The topological polar surface area (TPSA) is 55.4 Å². The van der Waals surface area contributed by atoms with E-state index in [1.165, 1.54) is 5.56 Å². The summed E-state index contributed by atoms with van der Waals surface area (Å²) in [7, 11) is -3.54. The van der Waals surface area contributed by atoms with Crippen molar-refractivity contribution >= 4 is 10.0 Å². The molecule has 0 aliphatic carbocycles. The van der Waals surface area contributed by atoms with Gasteiger partial charge in [0.05, 0.1) is 4.90 Å². The van der Waals surface area contributed by atoms with Crippen LogP contribution in [0.25, 0.3) is 0 Å². The molecule has 0 saturated heterocycles. The molecule has 0 bridgehead atoms. The Bertz CT molecular complexity index is 790. The Morgan fingerprint density at radius 1 is 1.04 bits per heavy atom. The van der Waals surface area contributed by atoms with Crippen LogP contribution in [0.15, 0.2) is 41.3 Å². The minimum Gasteiger partial charge on any atom is -0.492 e. The molecule has 0 radical (unpaired) electrons. The van der Waals surface area contributed by atoms with E-state index in [0.717, 1.165) is 28.9 Å². The van der Waals surface area contributed by atoms with Crippen LogP contribution < -0.4 is 9.46 Å². The highest BCUT2D eigenvalue weighted by Gasteiger charge is 2.19. The van der Waals surface area contributed by atoms with Gasteiger partial charge in [0.25, 0.3) is 0 Å². The smallest absolute Gasteiger partial charge is 0.241 e. The van der Waals surface area contributed by atoms with E-state index < -0.39 is 10.0 Å². The lowest BCUT2D eigenvalue weighted by Crippen LogP contribution is -2.29. The van der Waals surface area contributed by atoms with Gasteiger partial charge in [0, 0.05) is 6.54 Å². The molecular weight excluding hydrogens is 322 g/mol. The lowest BCUT2D eigenvalue weighted by molar-refractivity contribution is 0.322. The van der Waals surface area contributed by atoms with E-state index in [4.69, 9.17) is 4.74 Å². The molecule has 0 unspecified atom stereocenters. The predicted molar refractivity (Wildman–Crippen MR) is 97.2 cm³/mol. The third kappa shape index (κ3) is 4.58. The summed E-state index contributed by atoms with van der Waals surface area (Å²) in [6, 6.07) is 11.6. The van der Waals surface area contributed by atoms with E-state index in [-0.39, 0.29) is 13.2 Å². The first-order valence-corrected chi connectivity index (χ1v) is 9.61. The Balaban J connectivity index is 1.98. The number of hydrogen-bond acceptors (Lipinski definition) is 3. The maximum atomic E-state index is 12.5. The van der Waals surface area contributed by atoms with Gasteiger partial charge in [0.2, 0.25) is 10.0 Å². The Hall–Kier alpha value is -1.85. The quantitative estimate of drug-likeness (QED) is 0.780. The summed E-state index contributed by atoms with van der Waals surface area (Å²) >= 11 is 0. The van der Waals surface area contributed by atoms with E-state index in [1.807, 2.05) is 57.2 Å². The molecule has 0 fully saturated rings. The van der Waals surface area contributed by atoms with Gasteiger partial charge >= 0.3 is 0 Å². The summed E-state index contributed by atoms with van der Waals surface area (Å²) < 4.78 is 33.3. The molecule has 4 nitrogen and oxygen atoms in total. The second-order valence-corrected chi connectivity index (χ2v) is 7.68. The van der Waals surface area contributed by atoms with Crippen LogP contribution in [0.2, 0.25) is 0 Å². The van der Waals surface area contributed by atoms with Crippen LogP contribution in [0.4, 0.5) is 0 Å². The summed E-state index contributed by atoms with van der Waals surface area (Å²) in [6.07, 6.45) is 0.940. The molecule has 2 aromatic carbocycles. The zero-order chi connectivity index (χ0) is 17.7. The van der Waals surface area contributed by atoms with Crippen molar-refractivity contribution in [3.63, 3.8) is 0 Å². The maximum Gasteiger partial charge on any atom is 0.241 e. The molecule has 2 aromatic rings. The SMILES string of the molecule is CCc1cccc(OCCNS(=O)(=O)c2c(C)cc(C)cc2C)c1. The fourth-order valence-corrected chi connectivity index (χ4v) is 4.32. The van der Waals surface area contributed by atoms with Crippen molar-refractivity contribution < 1.29 is 13.2 Å². The molecule has 0 aromatic heterocycles. The zero-order valence-electron chi connectivity index (χ0n) is 14.7. The summed E-state index contributed by atoms with van der Waals surface area (Å²) in [5.74, 6) is 0.760. The van der Waals surface area contributed by atoms with Crippen molar-refractivity contribution in [2.75, 3.05) is 13.2 Å². The predicted octanol–water partition coefficient (Wildman–Crippen LogP) is 3.53. The molecule has 0 spiro atoms. The molecule has 0 heterocycles. The number of ether oxygens (including phenoxy) is 1. The van der Waals surface area contributed by atoms with Gasteiger partial charge < -0.3 is 4.74 Å². The number of aryl methyl sites for hydroxylation is 4. The monoisotopic (exact) mass is 347 g/mol. The number of sulfonamides is 1. The number of benzene rings is 2. The van der Waals surface area contributed by atoms with Crippen molar-refractivity contribution in [2.24, 2.45) is 0 Å². The Kier molecular flexibility index (Phi) is 6.02. The lowest BCUT2D eigenvalue weighted by Gasteiger charge is -2.13. The highest BCUT2D eigenvalue weighted by atomic mass is 32.2. The van der Waals surface area contributed by atoms with Crippen molar-refractivity contribution in [3.8, 4) is 5.75 Å². The molecule has 24 heavy (non-hydrogen) atoms. The van der Waals surface area contributed by atoms with Gasteiger partial charge in [-0.25, -0.2) is 13.1 Å². The first-order chi connectivity index (χ1) is 11.3. The van der Waals surface area contributed by atoms with Crippen LogP contribution in [0.5, 0.6) is 5.75 Å². The van der Waals surface area contributed by atoms with Gasteiger partial charge in [0.1, 0.15) is 12.4 Å². The summed E-state index contributed by atoms with van der Waals surface area (Å²) in [5, 5.41) is 0. The van der Waals surface area contributed by atoms with Crippen LogP contribution in [0.1, 0.15) is 29.2 Å². The largest absolute Gasteiger partial charge is 0.492 e. The lowest BCUT2D eigenvalue weighted by atomic mass is 10.1. The normalized spacial score (nSPS) is 11.5. The highest BCUT2D eigenvalue weighted by Crippen LogP contribution is 2.21. The second kappa shape index (κ2) is 7.81. The van der Waals surface area contributed by atoms with E-state index in [0.29, 0.717) is 4.90 Å². The Morgan fingerprint density at radius 3 is 2.33 bits per heavy atom. The van der Waals surface area contributed by atoms with E-state index in [9.17, 15) is 8.42 Å². The highest BCUT2D eigenvalue weighted by molar-refractivity contribution is 7.89. The van der Waals surface area contributed by atoms with Crippen molar-refractivity contribution in [1.29, 1.82) is 0 Å². The third-order valence-corrected chi connectivity index (χ3v) is 5.61. The van der Waals surface area contributed by atoms with Crippen molar-refractivity contribution in [1.82, 2.24) is 4.72 Å². The fourth-order valence-electron chi connectivity index (χ4n) is 2.86. The molecule has 2 rings (SSSR count). The average Bonchev–Trinajstić information content (AvgIpc) is 2.50. The second-order valence-electron chi connectivity index (χ2n) is 5.98. The zero-order valence-corrected chi connectivity index (χ0v) is 15.5. The molecule has 130 valence electrons. The molecule has 0 saturated carbocycles. The van der Waals surface area contributed by atoms with Crippen molar-refractivity contribution in [2.45, 2.75) is 39.0 Å². The van der Waals surface area contributed by atoms with Gasteiger partial charge in [-0.1, -0.05) is 36.8 Å². The minimum absolute atomic E-state index is 0.228. The van der Waals surface area contributed by atoms with Crippen LogP contribution in [-0.2, 0) is 16.4 Å². The van der Waals surface area contributed by atoms with Gasteiger partial charge in [-0.3, -0.25) is 0 Å². The number of nitrogens with one attached hydrogen (secondary N) is 1. The van der Waals surface area contributed by atoms with Crippen molar-refractivity contribution in [3.05, 3.63) is 58.7 Å². The van der Waals surface area contributed by atoms with Crippen LogP contribution in [-0.4, -0.2) is 21.6 Å². The number of hydrogen-bond donors (Lipinski definition) is 1. The Morgan fingerprint density at radius 2 is 1.71 bits per heavy atom. The Labute approximate surface area is 144 Å².